The number of fused-ring (bicyclic) bond motifs is 1. The van der Waals surface area contributed by atoms with E-state index >= 15 is 0 Å². The number of hydrogen-bond acceptors (Lipinski definition) is 4. The van der Waals surface area contributed by atoms with Gasteiger partial charge in [0.25, 0.3) is 5.56 Å². The summed E-state index contributed by atoms with van der Waals surface area (Å²) in [6.07, 6.45) is 1.58. The van der Waals surface area contributed by atoms with Crippen molar-refractivity contribution in [1.82, 2.24) is 14.5 Å². The maximum absolute atomic E-state index is 12.4. The van der Waals surface area contributed by atoms with Gasteiger partial charge in [0.05, 0.1) is 17.6 Å². The molecule has 0 radical (unpaired) electrons. The van der Waals surface area contributed by atoms with E-state index in [0.717, 1.165) is 16.6 Å². The van der Waals surface area contributed by atoms with Crippen molar-refractivity contribution in [3.05, 3.63) is 69.9 Å². The van der Waals surface area contributed by atoms with Crippen LogP contribution in [0.4, 0.5) is 0 Å². The molecule has 3 aromatic rings. The van der Waals surface area contributed by atoms with Gasteiger partial charge in [-0.1, -0.05) is 12.1 Å². The van der Waals surface area contributed by atoms with Crippen LogP contribution in [0.1, 0.15) is 17.0 Å². The molecule has 0 N–H and O–H groups in total. The third-order valence-corrected chi connectivity index (χ3v) is 3.29. The van der Waals surface area contributed by atoms with Crippen molar-refractivity contribution in [3.8, 4) is 6.07 Å². The van der Waals surface area contributed by atoms with Gasteiger partial charge in [-0.15, -0.1) is 0 Å². The molecule has 0 aliphatic heterocycles. The molecule has 2 heterocycles. The Balaban J connectivity index is 2.18. The van der Waals surface area contributed by atoms with Gasteiger partial charge < -0.3 is 4.57 Å². The summed E-state index contributed by atoms with van der Waals surface area (Å²) in [5, 5.41) is 8.91. The number of nitriles is 1. The summed E-state index contributed by atoms with van der Waals surface area (Å²) in [6.45, 7) is 2.10. The highest BCUT2D eigenvalue weighted by molar-refractivity contribution is 5.74. The topological polar surface area (TPSA) is 71.6 Å². The molecule has 5 nitrogen and oxygen atoms in total. The zero-order valence-electron chi connectivity index (χ0n) is 11.4. The second-order valence-electron chi connectivity index (χ2n) is 4.74. The van der Waals surface area contributed by atoms with Gasteiger partial charge in [0.2, 0.25) is 0 Å². The fourth-order valence-electron chi connectivity index (χ4n) is 2.29. The minimum Gasteiger partial charge on any atom is -0.301 e. The molecule has 0 bridgehead atoms. The van der Waals surface area contributed by atoms with Crippen LogP contribution in [-0.2, 0) is 6.54 Å². The lowest BCUT2D eigenvalue weighted by Crippen LogP contribution is -2.24. The Bertz CT molecular complexity index is 921. The standard InChI is InChI=1S/C16H12N4O/c1-11-16(21)20(15-5-3-2-4-14(15)19-11)10-12-6-7-18-13(8-12)9-17/h2-8H,10H2,1H3. The van der Waals surface area contributed by atoms with Crippen LogP contribution in [0.2, 0.25) is 0 Å². The van der Waals surface area contributed by atoms with E-state index in [1.165, 1.54) is 0 Å². The third kappa shape index (κ3) is 2.39. The highest BCUT2D eigenvalue weighted by Gasteiger charge is 2.08. The van der Waals surface area contributed by atoms with Crippen LogP contribution in [-0.4, -0.2) is 14.5 Å². The fourth-order valence-corrected chi connectivity index (χ4v) is 2.29. The Morgan fingerprint density at radius 1 is 1.29 bits per heavy atom. The van der Waals surface area contributed by atoms with Gasteiger partial charge in [-0.25, -0.2) is 9.97 Å². The van der Waals surface area contributed by atoms with Crippen molar-refractivity contribution >= 4 is 11.0 Å². The summed E-state index contributed by atoms with van der Waals surface area (Å²) >= 11 is 0. The first-order valence-electron chi connectivity index (χ1n) is 6.50. The molecule has 1 aromatic carbocycles. The average molecular weight is 276 g/mol. The zero-order valence-corrected chi connectivity index (χ0v) is 11.4. The Morgan fingerprint density at radius 2 is 2.10 bits per heavy atom. The first-order valence-corrected chi connectivity index (χ1v) is 6.50. The van der Waals surface area contributed by atoms with Crippen LogP contribution in [0.25, 0.3) is 11.0 Å². The van der Waals surface area contributed by atoms with Gasteiger partial charge >= 0.3 is 0 Å². The van der Waals surface area contributed by atoms with Crippen molar-refractivity contribution in [2.24, 2.45) is 0 Å². The minimum absolute atomic E-state index is 0.121. The Morgan fingerprint density at radius 3 is 2.90 bits per heavy atom. The summed E-state index contributed by atoms with van der Waals surface area (Å²) in [4.78, 5) is 20.6. The fraction of sp³-hybridized carbons (Fsp3) is 0.125. The number of pyridine rings is 1. The van der Waals surface area contributed by atoms with Gasteiger partial charge in [0.1, 0.15) is 17.5 Å². The van der Waals surface area contributed by atoms with Crippen molar-refractivity contribution in [2.75, 3.05) is 0 Å². The molecule has 2 aromatic heterocycles. The van der Waals surface area contributed by atoms with Crippen LogP contribution < -0.4 is 5.56 Å². The molecular formula is C16H12N4O. The van der Waals surface area contributed by atoms with Gasteiger partial charge in [-0.05, 0) is 36.8 Å². The highest BCUT2D eigenvalue weighted by atomic mass is 16.1. The predicted molar refractivity (Wildman–Crippen MR) is 78.8 cm³/mol. The maximum Gasteiger partial charge on any atom is 0.272 e. The summed E-state index contributed by atoms with van der Waals surface area (Å²) in [5.74, 6) is 0. The molecule has 0 aliphatic carbocycles. The highest BCUT2D eigenvalue weighted by Crippen LogP contribution is 2.12. The lowest BCUT2D eigenvalue weighted by atomic mass is 10.2. The van der Waals surface area contributed by atoms with Gasteiger partial charge in [0, 0.05) is 6.20 Å². The molecule has 5 heteroatoms. The average Bonchev–Trinajstić information content (AvgIpc) is 2.52. The smallest absolute Gasteiger partial charge is 0.272 e. The molecule has 0 aliphatic rings. The minimum atomic E-state index is -0.121. The second kappa shape index (κ2) is 5.17. The largest absolute Gasteiger partial charge is 0.301 e. The zero-order chi connectivity index (χ0) is 14.8. The Hall–Kier alpha value is -3.00. The van der Waals surface area contributed by atoms with E-state index in [0.29, 0.717) is 17.9 Å². The van der Waals surface area contributed by atoms with E-state index in [2.05, 4.69) is 9.97 Å². The van der Waals surface area contributed by atoms with Gasteiger partial charge in [-0.3, -0.25) is 4.79 Å². The third-order valence-electron chi connectivity index (χ3n) is 3.29. The molecule has 0 amide bonds. The number of hydrogen-bond donors (Lipinski definition) is 0. The van der Waals surface area contributed by atoms with E-state index in [4.69, 9.17) is 5.26 Å². The van der Waals surface area contributed by atoms with E-state index in [-0.39, 0.29) is 5.56 Å². The predicted octanol–water partition coefficient (Wildman–Crippen LogP) is 2.02. The first kappa shape index (κ1) is 13.0. The number of aromatic nitrogens is 3. The molecule has 21 heavy (non-hydrogen) atoms. The van der Waals surface area contributed by atoms with E-state index in [1.54, 1.807) is 29.8 Å². The summed E-state index contributed by atoms with van der Waals surface area (Å²) in [5.41, 5.74) is 3.11. The molecule has 0 fully saturated rings. The Kier molecular flexibility index (Phi) is 3.20. The molecule has 0 saturated carbocycles. The summed E-state index contributed by atoms with van der Waals surface area (Å²) < 4.78 is 1.67. The molecule has 0 spiro atoms. The quantitative estimate of drug-likeness (QED) is 0.718. The molecule has 102 valence electrons. The van der Waals surface area contributed by atoms with E-state index in [9.17, 15) is 4.79 Å². The first-order chi connectivity index (χ1) is 10.2. The molecule has 3 rings (SSSR count). The van der Waals surface area contributed by atoms with Crippen molar-refractivity contribution in [1.29, 1.82) is 5.26 Å². The number of nitrogens with zero attached hydrogens (tertiary/aromatic N) is 4. The van der Waals surface area contributed by atoms with E-state index < -0.39 is 0 Å². The maximum atomic E-state index is 12.4. The number of rotatable bonds is 2. The van der Waals surface area contributed by atoms with Gasteiger partial charge in [0.15, 0.2) is 0 Å². The molecule has 0 saturated heterocycles. The summed E-state index contributed by atoms with van der Waals surface area (Å²) in [6, 6.07) is 13.0. The van der Waals surface area contributed by atoms with Crippen LogP contribution in [0.15, 0.2) is 47.4 Å². The molecule has 0 atom stereocenters. The van der Waals surface area contributed by atoms with Crippen LogP contribution >= 0.6 is 0 Å². The normalized spacial score (nSPS) is 10.5. The Labute approximate surface area is 121 Å². The van der Waals surface area contributed by atoms with Crippen LogP contribution in [0, 0.1) is 18.3 Å². The van der Waals surface area contributed by atoms with Crippen LogP contribution in [0.3, 0.4) is 0 Å². The lowest BCUT2D eigenvalue weighted by Gasteiger charge is -2.11. The SMILES string of the molecule is Cc1nc2ccccc2n(Cc2ccnc(C#N)c2)c1=O. The second-order valence-corrected chi connectivity index (χ2v) is 4.74. The monoisotopic (exact) mass is 276 g/mol. The number of aryl methyl sites for hydroxylation is 1. The van der Waals surface area contributed by atoms with Crippen molar-refractivity contribution in [3.63, 3.8) is 0 Å². The molecular weight excluding hydrogens is 264 g/mol. The van der Waals surface area contributed by atoms with Gasteiger partial charge in [-0.2, -0.15) is 5.26 Å². The number of para-hydroxylation sites is 2. The van der Waals surface area contributed by atoms with Crippen LogP contribution in [0.5, 0.6) is 0 Å². The number of benzene rings is 1. The van der Waals surface area contributed by atoms with E-state index in [1.807, 2.05) is 30.3 Å². The molecule has 0 unspecified atom stereocenters. The van der Waals surface area contributed by atoms with Crippen molar-refractivity contribution in [2.45, 2.75) is 13.5 Å². The lowest BCUT2D eigenvalue weighted by molar-refractivity contribution is 0.774. The summed E-state index contributed by atoms with van der Waals surface area (Å²) in [7, 11) is 0. The van der Waals surface area contributed by atoms with Crippen molar-refractivity contribution < 1.29 is 0 Å².